The minimum absolute atomic E-state index is 0.0423. The fraction of sp³-hybridized carbons (Fsp3) is 0.143. The average molecular weight is 444 g/mol. The number of aromatic nitrogens is 1. The lowest BCUT2D eigenvalue weighted by atomic mass is 10.1. The molecule has 1 N–H and O–H groups in total. The summed E-state index contributed by atoms with van der Waals surface area (Å²) in [6.45, 7) is 0. The van der Waals surface area contributed by atoms with Crippen LogP contribution in [0.5, 0.6) is 0 Å². The fourth-order valence-electron chi connectivity index (χ4n) is 2.57. The van der Waals surface area contributed by atoms with E-state index in [0.717, 1.165) is 11.8 Å². The normalized spacial score (nSPS) is 10.4. The number of oxazole rings is 1. The van der Waals surface area contributed by atoms with Crippen molar-refractivity contribution in [1.82, 2.24) is 4.98 Å². The van der Waals surface area contributed by atoms with Gasteiger partial charge in [-0.2, -0.15) is 0 Å². The SMILES string of the molecule is COC(=O)c1cc(NC(=O)CSc2ncc(-c3ccc(F)cc3)o2)cc(C(=O)OC)c1. The maximum atomic E-state index is 13.0. The highest BCUT2D eigenvalue weighted by molar-refractivity contribution is 7.99. The van der Waals surface area contributed by atoms with E-state index in [1.54, 1.807) is 12.1 Å². The van der Waals surface area contributed by atoms with E-state index in [1.807, 2.05) is 0 Å². The Morgan fingerprint density at radius 1 is 1.03 bits per heavy atom. The highest BCUT2D eigenvalue weighted by atomic mass is 32.2. The second-order valence-electron chi connectivity index (χ2n) is 6.12. The molecule has 1 aromatic heterocycles. The Morgan fingerprint density at radius 3 is 2.23 bits per heavy atom. The Bertz CT molecular complexity index is 1080. The Hall–Kier alpha value is -3.66. The zero-order valence-corrected chi connectivity index (χ0v) is 17.3. The van der Waals surface area contributed by atoms with Crippen LogP contribution in [0.3, 0.4) is 0 Å². The molecule has 0 unspecified atom stereocenters. The number of nitrogens with one attached hydrogen (secondary N) is 1. The van der Waals surface area contributed by atoms with Crippen LogP contribution >= 0.6 is 11.8 Å². The quantitative estimate of drug-likeness (QED) is 0.433. The largest absolute Gasteiger partial charge is 0.465 e. The summed E-state index contributed by atoms with van der Waals surface area (Å²) < 4.78 is 27.9. The molecule has 0 bridgehead atoms. The Kier molecular flexibility index (Phi) is 7.03. The molecule has 0 aliphatic carbocycles. The molecule has 0 saturated carbocycles. The van der Waals surface area contributed by atoms with Crippen LogP contribution in [-0.4, -0.2) is 42.8 Å². The first-order valence-corrected chi connectivity index (χ1v) is 9.84. The third kappa shape index (κ3) is 5.70. The molecule has 0 aliphatic heterocycles. The molecular formula is C21H17FN2O6S. The number of halogens is 1. The summed E-state index contributed by atoms with van der Waals surface area (Å²) in [6.07, 6.45) is 1.48. The average Bonchev–Trinajstić information content (AvgIpc) is 3.26. The van der Waals surface area contributed by atoms with Gasteiger partial charge < -0.3 is 19.2 Å². The molecule has 1 amide bonds. The van der Waals surface area contributed by atoms with Crippen molar-refractivity contribution in [2.75, 3.05) is 25.3 Å². The van der Waals surface area contributed by atoms with E-state index >= 15 is 0 Å². The number of nitrogens with zero attached hydrogens (tertiary/aromatic N) is 1. The van der Waals surface area contributed by atoms with Crippen LogP contribution in [0, 0.1) is 5.82 Å². The van der Waals surface area contributed by atoms with E-state index in [9.17, 15) is 18.8 Å². The van der Waals surface area contributed by atoms with Crippen molar-refractivity contribution in [2.24, 2.45) is 0 Å². The summed E-state index contributed by atoms with van der Waals surface area (Å²) in [5.41, 5.74) is 1.06. The van der Waals surface area contributed by atoms with Gasteiger partial charge in [-0.3, -0.25) is 4.79 Å². The molecule has 1 heterocycles. The lowest BCUT2D eigenvalue weighted by Gasteiger charge is -2.09. The number of esters is 2. The summed E-state index contributed by atoms with van der Waals surface area (Å²) in [7, 11) is 2.41. The monoisotopic (exact) mass is 444 g/mol. The number of methoxy groups -OCH3 is 2. The van der Waals surface area contributed by atoms with Gasteiger partial charge in [0.1, 0.15) is 5.82 Å². The highest BCUT2D eigenvalue weighted by Gasteiger charge is 2.16. The highest BCUT2D eigenvalue weighted by Crippen LogP contribution is 2.26. The van der Waals surface area contributed by atoms with Gasteiger partial charge >= 0.3 is 11.9 Å². The molecule has 2 aromatic carbocycles. The van der Waals surface area contributed by atoms with Crippen molar-refractivity contribution in [3.8, 4) is 11.3 Å². The van der Waals surface area contributed by atoms with Crippen LogP contribution < -0.4 is 5.32 Å². The second kappa shape index (κ2) is 9.90. The number of ether oxygens (including phenoxy) is 2. The van der Waals surface area contributed by atoms with Gasteiger partial charge in [-0.05, 0) is 42.5 Å². The van der Waals surface area contributed by atoms with E-state index in [2.05, 4.69) is 19.8 Å². The topological polar surface area (TPSA) is 108 Å². The molecule has 0 saturated heterocycles. The number of benzene rings is 2. The van der Waals surface area contributed by atoms with Crippen LogP contribution in [0.15, 0.2) is 58.3 Å². The van der Waals surface area contributed by atoms with Gasteiger partial charge in [0.25, 0.3) is 5.22 Å². The fourth-order valence-corrected chi connectivity index (χ4v) is 3.17. The van der Waals surface area contributed by atoms with Gasteiger partial charge in [0.05, 0.1) is 37.3 Å². The molecule has 0 atom stereocenters. The van der Waals surface area contributed by atoms with Crippen molar-refractivity contribution in [2.45, 2.75) is 5.22 Å². The van der Waals surface area contributed by atoms with Gasteiger partial charge in [0, 0.05) is 11.3 Å². The predicted molar refractivity (Wildman–Crippen MR) is 110 cm³/mol. The molecule has 0 aliphatic rings. The van der Waals surface area contributed by atoms with Crippen LogP contribution in [0.4, 0.5) is 10.1 Å². The number of amides is 1. The first-order valence-electron chi connectivity index (χ1n) is 8.85. The zero-order valence-electron chi connectivity index (χ0n) is 16.5. The molecule has 0 radical (unpaired) electrons. The zero-order chi connectivity index (χ0) is 22.4. The molecule has 3 aromatic rings. The summed E-state index contributed by atoms with van der Waals surface area (Å²) in [5.74, 6) is -1.70. The summed E-state index contributed by atoms with van der Waals surface area (Å²) in [6, 6.07) is 9.82. The van der Waals surface area contributed by atoms with Gasteiger partial charge in [-0.15, -0.1) is 0 Å². The molecule has 10 heteroatoms. The molecule has 31 heavy (non-hydrogen) atoms. The van der Waals surface area contributed by atoms with E-state index in [4.69, 9.17) is 4.42 Å². The van der Waals surface area contributed by atoms with E-state index < -0.39 is 17.8 Å². The number of hydrogen-bond donors (Lipinski definition) is 1. The number of hydrogen-bond acceptors (Lipinski definition) is 8. The summed E-state index contributed by atoms with van der Waals surface area (Å²) in [5, 5.41) is 2.87. The van der Waals surface area contributed by atoms with Gasteiger partial charge in [0.15, 0.2) is 5.76 Å². The van der Waals surface area contributed by atoms with Gasteiger partial charge in [-0.1, -0.05) is 11.8 Å². The van der Waals surface area contributed by atoms with Crippen molar-refractivity contribution < 1.29 is 32.7 Å². The minimum Gasteiger partial charge on any atom is -0.465 e. The number of thioether (sulfide) groups is 1. The number of carbonyl (C=O) groups excluding carboxylic acids is 3. The number of carbonyl (C=O) groups is 3. The third-order valence-corrected chi connectivity index (χ3v) is 4.84. The van der Waals surface area contributed by atoms with E-state index in [0.29, 0.717) is 11.3 Å². The number of anilines is 1. The molecule has 160 valence electrons. The molecular weight excluding hydrogens is 427 g/mol. The summed E-state index contributed by atoms with van der Waals surface area (Å²) in [4.78, 5) is 40.1. The van der Waals surface area contributed by atoms with E-state index in [-0.39, 0.29) is 33.6 Å². The van der Waals surface area contributed by atoms with Crippen LogP contribution in [0.2, 0.25) is 0 Å². The van der Waals surface area contributed by atoms with Gasteiger partial charge in [-0.25, -0.2) is 19.0 Å². The van der Waals surface area contributed by atoms with Crippen LogP contribution in [0.25, 0.3) is 11.3 Å². The first-order chi connectivity index (χ1) is 14.9. The van der Waals surface area contributed by atoms with Crippen molar-refractivity contribution in [1.29, 1.82) is 0 Å². The molecule has 8 nitrogen and oxygen atoms in total. The maximum Gasteiger partial charge on any atom is 0.337 e. The minimum atomic E-state index is -0.663. The lowest BCUT2D eigenvalue weighted by Crippen LogP contribution is -2.16. The predicted octanol–water partition coefficient (Wildman–Crippen LogP) is 3.78. The van der Waals surface area contributed by atoms with E-state index in [1.165, 1.54) is 50.7 Å². The van der Waals surface area contributed by atoms with Crippen molar-refractivity contribution in [3.63, 3.8) is 0 Å². The van der Waals surface area contributed by atoms with Crippen LogP contribution in [-0.2, 0) is 14.3 Å². The first kappa shape index (κ1) is 22.0. The third-order valence-electron chi connectivity index (χ3n) is 4.00. The van der Waals surface area contributed by atoms with Crippen molar-refractivity contribution >= 4 is 35.3 Å². The maximum absolute atomic E-state index is 13.0. The molecule has 3 rings (SSSR count). The Labute approximate surface area is 180 Å². The number of rotatable bonds is 7. The standard InChI is InChI=1S/C21H17FN2O6S/c1-28-19(26)13-7-14(20(27)29-2)9-16(8-13)24-18(25)11-31-21-23-10-17(30-21)12-3-5-15(22)6-4-12/h3-10H,11H2,1-2H3,(H,24,25). The Morgan fingerprint density at radius 2 is 1.65 bits per heavy atom. The smallest absolute Gasteiger partial charge is 0.337 e. The molecule has 0 fully saturated rings. The van der Waals surface area contributed by atoms with Crippen LogP contribution in [0.1, 0.15) is 20.7 Å². The second-order valence-corrected chi connectivity index (χ2v) is 7.04. The Balaban J connectivity index is 1.66. The van der Waals surface area contributed by atoms with Crippen molar-refractivity contribution in [3.05, 3.63) is 65.6 Å². The molecule has 0 spiro atoms. The van der Waals surface area contributed by atoms with Gasteiger partial charge in [0.2, 0.25) is 5.91 Å². The summed E-state index contributed by atoms with van der Waals surface area (Å²) >= 11 is 1.05. The lowest BCUT2D eigenvalue weighted by molar-refractivity contribution is -0.113.